The highest BCUT2D eigenvalue weighted by atomic mass is 15.3. The van der Waals surface area contributed by atoms with Gasteiger partial charge in [0.2, 0.25) is 0 Å². The van der Waals surface area contributed by atoms with Crippen molar-refractivity contribution in [2.45, 2.75) is 0 Å². The number of aromatic nitrogens is 4. The minimum Gasteiger partial charge on any atom is -0.340 e. The van der Waals surface area contributed by atoms with Crippen LogP contribution in [0.3, 0.4) is 0 Å². The highest BCUT2D eigenvalue weighted by Crippen LogP contribution is 2.20. The molecule has 4 rings (SSSR count). The quantitative estimate of drug-likeness (QED) is 0.626. The minimum absolute atomic E-state index is 0.774. The van der Waals surface area contributed by atoms with Gasteiger partial charge in [-0.1, -0.05) is 12.1 Å². The normalized spacial score (nSPS) is 10.7. The van der Waals surface area contributed by atoms with Crippen molar-refractivity contribution in [2.75, 3.05) is 5.32 Å². The predicted molar refractivity (Wildman–Crippen MR) is 86.4 cm³/mol. The molecule has 0 saturated heterocycles. The molecule has 0 aliphatic rings. The van der Waals surface area contributed by atoms with Crippen LogP contribution in [-0.4, -0.2) is 19.7 Å². The summed E-state index contributed by atoms with van der Waals surface area (Å²) in [5, 5.41) is 8.61. The molecule has 5 heteroatoms. The van der Waals surface area contributed by atoms with Gasteiger partial charge in [-0.2, -0.15) is 5.10 Å². The monoisotopic (exact) mass is 287 g/mol. The fraction of sp³-hybridized carbons (Fsp3) is 0. The van der Waals surface area contributed by atoms with Crippen molar-refractivity contribution in [2.24, 2.45) is 0 Å². The van der Waals surface area contributed by atoms with Gasteiger partial charge in [0.1, 0.15) is 5.82 Å². The van der Waals surface area contributed by atoms with Crippen LogP contribution in [0, 0.1) is 0 Å². The van der Waals surface area contributed by atoms with Crippen LogP contribution in [0.2, 0.25) is 0 Å². The second-order valence-electron chi connectivity index (χ2n) is 4.87. The lowest BCUT2D eigenvalue weighted by atomic mass is 10.2. The zero-order valence-corrected chi connectivity index (χ0v) is 11.7. The van der Waals surface area contributed by atoms with Crippen molar-refractivity contribution in [1.82, 2.24) is 19.7 Å². The molecule has 0 amide bonds. The Morgan fingerprint density at radius 3 is 2.82 bits per heavy atom. The molecular formula is C17H13N5. The van der Waals surface area contributed by atoms with E-state index in [1.807, 2.05) is 54.7 Å². The first-order valence-corrected chi connectivity index (χ1v) is 6.97. The zero-order chi connectivity index (χ0) is 14.8. The van der Waals surface area contributed by atoms with Crippen molar-refractivity contribution in [3.8, 4) is 5.82 Å². The van der Waals surface area contributed by atoms with Crippen LogP contribution in [0.15, 0.2) is 73.2 Å². The van der Waals surface area contributed by atoms with Crippen LogP contribution in [-0.2, 0) is 0 Å². The Balaban J connectivity index is 1.66. The maximum Gasteiger partial charge on any atom is 0.155 e. The molecule has 1 aromatic carbocycles. The van der Waals surface area contributed by atoms with E-state index in [9.17, 15) is 0 Å². The second kappa shape index (κ2) is 5.29. The topological polar surface area (TPSA) is 55.6 Å². The summed E-state index contributed by atoms with van der Waals surface area (Å²) in [5.41, 5.74) is 1.96. The van der Waals surface area contributed by atoms with Crippen molar-refractivity contribution >= 4 is 22.4 Å². The van der Waals surface area contributed by atoms with Crippen LogP contribution >= 0.6 is 0 Å². The lowest BCUT2D eigenvalue weighted by molar-refractivity contribution is 0.848. The third-order valence-corrected chi connectivity index (χ3v) is 3.35. The van der Waals surface area contributed by atoms with E-state index in [2.05, 4.69) is 26.4 Å². The number of hydrogen-bond acceptors (Lipinski definition) is 4. The molecular weight excluding hydrogens is 274 g/mol. The molecule has 3 aromatic heterocycles. The molecule has 0 unspecified atom stereocenters. The molecule has 0 fully saturated rings. The number of fused-ring (bicyclic) bond motifs is 1. The Bertz CT molecular complexity index is 915. The number of nitrogens with one attached hydrogen (secondary N) is 1. The van der Waals surface area contributed by atoms with Crippen LogP contribution in [0.5, 0.6) is 0 Å². The first-order valence-electron chi connectivity index (χ1n) is 6.97. The van der Waals surface area contributed by atoms with Crippen LogP contribution in [0.4, 0.5) is 11.5 Å². The van der Waals surface area contributed by atoms with E-state index in [-0.39, 0.29) is 0 Å². The van der Waals surface area contributed by atoms with Gasteiger partial charge in [0.05, 0.1) is 5.52 Å². The highest BCUT2D eigenvalue weighted by Gasteiger charge is 2.02. The summed E-state index contributed by atoms with van der Waals surface area (Å²) in [4.78, 5) is 8.89. The molecule has 0 aliphatic heterocycles. The van der Waals surface area contributed by atoms with Gasteiger partial charge in [0.25, 0.3) is 0 Å². The minimum atomic E-state index is 0.774. The summed E-state index contributed by atoms with van der Waals surface area (Å²) in [6.45, 7) is 0. The Morgan fingerprint density at radius 1 is 0.909 bits per heavy atom. The molecule has 0 aliphatic carbocycles. The Hall–Kier alpha value is -3.21. The SMILES string of the molecule is c1cc(Nc2ccc3ncccc3c2)nc(-n2cccn2)c1. The molecule has 0 saturated carbocycles. The van der Waals surface area contributed by atoms with E-state index in [0.29, 0.717) is 0 Å². The summed E-state index contributed by atoms with van der Waals surface area (Å²) < 4.78 is 1.73. The fourth-order valence-electron chi connectivity index (χ4n) is 2.33. The van der Waals surface area contributed by atoms with Gasteiger partial charge in [-0.05, 0) is 42.5 Å². The highest BCUT2D eigenvalue weighted by molar-refractivity contribution is 5.83. The van der Waals surface area contributed by atoms with Gasteiger partial charge in [-0.3, -0.25) is 4.98 Å². The molecule has 106 valence electrons. The average molecular weight is 287 g/mol. The van der Waals surface area contributed by atoms with E-state index in [4.69, 9.17) is 0 Å². The summed E-state index contributed by atoms with van der Waals surface area (Å²) in [5.74, 6) is 1.55. The maximum absolute atomic E-state index is 4.56. The third-order valence-electron chi connectivity index (χ3n) is 3.35. The number of nitrogens with zero attached hydrogens (tertiary/aromatic N) is 4. The van der Waals surface area contributed by atoms with Crippen molar-refractivity contribution in [1.29, 1.82) is 0 Å². The van der Waals surface area contributed by atoms with Gasteiger partial charge in [-0.15, -0.1) is 0 Å². The Morgan fingerprint density at radius 2 is 1.91 bits per heavy atom. The van der Waals surface area contributed by atoms with Gasteiger partial charge >= 0.3 is 0 Å². The predicted octanol–water partition coefficient (Wildman–Crippen LogP) is 3.56. The molecule has 1 N–H and O–H groups in total. The number of benzene rings is 1. The molecule has 0 spiro atoms. The standard InChI is InChI=1S/C17H13N5/c1-5-16(21-17(6-1)22-11-3-10-19-22)20-14-7-8-15-13(12-14)4-2-9-18-15/h1-12H,(H,20,21). The molecule has 0 radical (unpaired) electrons. The molecule has 3 heterocycles. The first kappa shape index (κ1) is 12.5. The van der Waals surface area contributed by atoms with E-state index in [1.54, 1.807) is 17.1 Å². The number of anilines is 2. The van der Waals surface area contributed by atoms with Crippen molar-refractivity contribution in [3.63, 3.8) is 0 Å². The van der Waals surface area contributed by atoms with Gasteiger partial charge in [0, 0.05) is 29.7 Å². The Labute approximate surface area is 127 Å². The summed E-state index contributed by atoms with van der Waals surface area (Å²) in [7, 11) is 0. The molecule has 0 bridgehead atoms. The number of pyridine rings is 2. The van der Waals surface area contributed by atoms with Crippen molar-refractivity contribution in [3.05, 3.63) is 73.2 Å². The molecule has 22 heavy (non-hydrogen) atoms. The van der Waals surface area contributed by atoms with Crippen LogP contribution < -0.4 is 5.32 Å². The van der Waals surface area contributed by atoms with E-state index in [0.717, 1.165) is 28.2 Å². The average Bonchev–Trinajstić information content (AvgIpc) is 3.10. The number of hydrogen-bond donors (Lipinski definition) is 1. The second-order valence-corrected chi connectivity index (χ2v) is 4.87. The van der Waals surface area contributed by atoms with Crippen molar-refractivity contribution < 1.29 is 0 Å². The van der Waals surface area contributed by atoms with E-state index < -0.39 is 0 Å². The van der Waals surface area contributed by atoms with Gasteiger partial charge in [0.15, 0.2) is 5.82 Å². The summed E-state index contributed by atoms with van der Waals surface area (Å²) in [6.07, 6.45) is 5.40. The zero-order valence-electron chi connectivity index (χ0n) is 11.7. The van der Waals surface area contributed by atoms with Crippen LogP contribution in [0.25, 0.3) is 16.7 Å². The third kappa shape index (κ3) is 2.40. The summed E-state index contributed by atoms with van der Waals surface area (Å²) >= 11 is 0. The lowest BCUT2D eigenvalue weighted by Crippen LogP contribution is -2.00. The smallest absolute Gasteiger partial charge is 0.155 e. The first-order chi connectivity index (χ1) is 10.9. The van der Waals surface area contributed by atoms with E-state index in [1.165, 1.54) is 0 Å². The van der Waals surface area contributed by atoms with E-state index >= 15 is 0 Å². The van der Waals surface area contributed by atoms with Crippen LogP contribution in [0.1, 0.15) is 0 Å². The molecule has 0 atom stereocenters. The number of rotatable bonds is 3. The van der Waals surface area contributed by atoms with Gasteiger partial charge < -0.3 is 5.32 Å². The fourth-order valence-corrected chi connectivity index (χ4v) is 2.33. The lowest BCUT2D eigenvalue weighted by Gasteiger charge is -2.08. The Kier molecular flexibility index (Phi) is 3.01. The van der Waals surface area contributed by atoms with Gasteiger partial charge in [-0.25, -0.2) is 9.67 Å². The molecule has 4 aromatic rings. The molecule has 5 nitrogen and oxygen atoms in total. The largest absolute Gasteiger partial charge is 0.340 e. The maximum atomic E-state index is 4.56. The summed E-state index contributed by atoms with van der Waals surface area (Å²) in [6, 6.07) is 17.7.